The van der Waals surface area contributed by atoms with Crippen LogP contribution < -0.4 is 10.6 Å². The molecular formula is C10H20N2O2S. The molecule has 1 fully saturated rings. The summed E-state index contributed by atoms with van der Waals surface area (Å²) in [6.45, 7) is 3.32. The van der Waals surface area contributed by atoms with E-state index in [9.17, 15) is 0 Å². The van der Waals surface area contributed by atoms with Crippen molar-refractivity contribution in [2.24, 2.45) is 0 Å². The van der Waals surface area contributed by atoms with Gasteiger partial charge in [0.2, 0.25) is 0 Å². The first-order valence-electron chi connectivity index (χ1n) is 5.45. The van der Waals surface area contributed by atoms with Crippen molar-refractivity contribution in [3.63, 3.8) is 0 Å². The standard InChI is InChI=1S/C10H20N2O2S/c1-13-6-3-5-11-10(15)12-8-9-4-2-7-14-9/h9H,2-8H2,1H3,(H2,11,12,15). The molecule has 2 N–H and O–H groups in total. The highest BCUT2D eigenvalue weighted by atomic mass is 32.1. The minimum absolute atomic E-state index is 0.337. The Bertz CT molecular complexity index is 184. The molecule has 0 aromatic heterocycles. The van der Waals surface area contributed by atoms with Gasteiger partial charge in [-0.3, -0.25) is 0 Å². The molecule has 1 aliphatic heterocycles. The summed E-state index contributed by atoms with van der Waals surface area (Å²) in [5.74, 6) is 0. The van der Waals surface area contributed by atoms with Crippen LogP contribution in [-0.4, -0.2) is 44.6 Å². The Morgan fingerprint density at radius 2 is 2.40 bits per heavy atom. The molecule has 15 heavy (non-hydrogen) atoms. The SMILES string of the molecule is COCCCNC(=S)NCC1CCCO1. The zero-order chi connectivity index (χ0) is 10.9. The Kier molecular flexibility index (Phi) is 6.63. The smallest absolute Gasteiger partial charge is 0.166 e. The Balaban J connectivity index is 1.93. The fourth-order valence-electron chi connectivity index (χ4n) is 1.49. The highest BCUT2D eigenvalue weighted by Gasteiger charge is 2.14. The lowest BCUT2D eigenvalue weighted by atomic mass is 10.2. The van der Waals surface area contributed by atoms with E-state index in [1.807, 2.05) is 0 Å². The summed E-state index contributed by atoms with van der Waals surface area (Å²) in [4.78, 5) is 0. The summed E-state index contributed by atoms with van der Waals surface area (Å²) >= 11 is 5.12. The largest absolute Gasteiger partial charge is 0.385 e. The van der Waals surface area contributed by atoms with E-state index < -0.39 is 0 Å². The van der Waals surface area contributed by atoms with Crippen LogP contribution in [0.3, 0.4) is 0 Å². The van der Waals surface area contributed by atoms with Crippen molar-refractivity contribution >= 4 is 17.3 Å². The van der Waals surface area contributed by atoms with E-state index in [1.54, 1.807) is 7.11 Å². The van der Waals surface area contributed by atoms with Gasteiger partial charge in [0.15, 0.2) is 5.11 Å². The van der Waals surface area contributed by atoms with Crippen molar-refractivity contribution in [1.82, 2.24) is 10.6 Å². The van der Waals surface area contributed by atoms with Gasteiger partial charge in [0.1, 0.15) is 0 Å². The van der Waals surface area contributed by atoms with E-state index in [0.29, 0.717) is 11.2 Å². The van der Waals surface area contributed by atoms with Crippen LogP contribution in [-0.2, 0) is 9.47 Å². The third-order valence-corrected chi connectivity index (χ3v) is 2.61. The normalized spacial score (nSPS) is 20.2. The quantitative estimate of drug-likeness (QED) is 0.520. The van der Waals surface area contributed by atoms with Gasteiger partial charge in [0, 0.05) is 33.4 Å². The number of thiocarbonyl (C=S) groups is 1. The van der Waals surface area contributed by atoms with E-state index in [1.165, 1.54) is 6.42 Å². The number of rotatable bonds is 6. The van der Waals surface area contributed by atoms with Crippen molar-refractivity contribution in [2.45, 2.75) is 25.4 Å². The van der Waals surface area contributed by atoms with Crippen molar-refractivity contribution in [3.05, 3.63) is 0 Å². The van der Waals surface area contributed by atoms with Gasteiger partial charge in [-0.25, -0.2) is 0 Å². The molecule has 0 spiro atoms. The molecule has 0 aliphatic carbocycles. The van der Waals surface area contributed by atoms with Crippen LogP contribution in [0.4, 0.5) is 0 Å². The van der Waals surface area contributed by atoms with Gasteiger partial charge in [-0.2, -0.15) is 0 Å². The molecule has 0 radical (unpaired) electrons. The minimum atomic E-state index is 0.337. The molecule has 1 aliphatic rings. The van der Waals surface area contributed by atoms with Crippen molar-refractivity contribution < 1.29 is 9.47 Å². The maximum Gasteiger partial charge on any atom is 0.166 e. The Labute approximate surface area is 96.7 Å². The van der Waals surface area contributed by atoms with E-state index in [0.717, 1.165) is 39.1 Å². The number of methoxy groups -OCH3 is 1. The lowest BCUT2D eigenvalue weighted by molar-refractivity contribution is 0.114. The molecule has 5 heteroatoms. The summed E-state index contributed by atoms with van der Waals surface area (Å²) in [6, 6.07) is 0. The molecular weight excluding hydrogens is 212 g/mol. The minimum Gasteiger partial charge on any atom is -0.385 e. The van der Waals surface area contributed by atoms with E-state index in [-0.39, 0.29) is 0 Å². The lowest BCUT2D eigenvalue weighted by Gasteiger charge is -2.13. The zero-order valence-electron chi connectivity index (χ0n) is 9.25. The fraction of sp³-hybridized carbons (Fsp3) is 0.900. The second kappa shape index (κ2) is 7.84. The molecule has 1 saturated heterocycles. The van der Waals surface area contributed by atoms with Crippen LogP contribution >= 0.6 is 12.2 Å². The summed E-state index contributed by atoms with van der Waals surface area (Å²) in [7, 11) is 1.70. The van der Waals surface area contributed by atoms with E-state index in [2.05, 4.69) is 10.6 Å². The molecule has 0 amide bonds. The number of hydrogen-bond donors (Lipinski definition) is 2. The average molecular weight is 232 g/mol. The molecule has 1 unspecified atom stereocenters. The first kappa shape index (κ1) is 12.7. The predicted octanol–water partition coefficient (Wildman–Crippen LogP) is 0.666. The second-order valence-electron chi connectivity index (χ2n) is 3.62. The summed E-state index contributed by atoms with van der Waals surface area (Å²) in [5, 5.41) is 6.99. The second-order valence-corrected chi connectivity index (χ2v) is 4.03. The van der Waals surface area contributed by atoms with Gasteiger partial charge in [-0.05, 0) is 31.5 Å². The number of nitrogens with one attached hydrogen (secondary N) is 2. The van der Waals surface area contributed by atoms with Crippen LogP contribution in [0.15, 0.2) is 0 Å². The number of hydrogen-bond acceptors (Lipinski definition) is 3. The third kappa shape index (κ3) is 5.92. The zero-order valence-corrected chi connectivity index (χ0v) is 10.1. The van der Waals surface area contributed by atoms with Crippen LogP contribution in [0.25, 0.3) is 0 Å². The molecule has 4 nitrogen and oxygen atoms in total. The molecule has 0 bridgehead atoms. The van der Waals surface area contributed by atoms with Crippen LogP contribution in [0.5, 0.6) is 0 Å². The molecule has 0 saturated carbocycles. The van der Waals surface area contributed by atoms with Crippen molar-refractivity contribution in [3.8, 4) is 0 Å². The Morgan fingerprint density at radius 3 is 3.07 bits per heavy atom. The Hall–Kier alpha value is -0.390. The molecule has 1 atom stereocenters. The number of ether oxygens (including phenoxy) is 2. The van der Waals surface area contributed by atoms with Crippen molar-refractivity contribution in [2.75, 3.05) is 33.4 Å². The molecule has 1 rings (SSSR count). The van der Waals surface area contributed by atoms with E-state index >= 15 is 0 Å². The average Bonchev–Trinajstić information content (AvgIpc) is 2.74. The van der Waals surface area contributed by atoms with E-state index in [4.69, 9.17) is 21.7 Å². The highest BCUT2D eigenvalue weighted by molar-refractivity contribution is 7.80. The summed E-state index contributed by atoms with van der Waals surface area (Å²) in [5.41, 5.74) is 0. The molecule has 1 heterocycles. The van der Waals surface area contributed by atoms with Crippen molar-refractivity contribution in [1.29, 1.82) is 0 Å². The predicted molar refractivity (Wildman–Crippen MR) is 64.1 cm³/mol. The molecule has 0 aromatic rings. The topological polar surface area (TPSA) is 42.5 Å². The molecule has 0 aromatic carbocycles. The fourth-order valence-corrected chi connectivity index (χ4v) is 1.68. The van der Waals surface area contributed by atoms with Crippen LogP contribution in [0.1, 0.15) is 19.3 Å². The van der Waals surface area contributed by atoms with Crippen LogP contribution in [0, 0.1) is 0 Å². The van der Waals surface area contributed by atoms with Gasteiger partial charge in [0.25, 0.3) is 0 Å². The maximum absolute atomic E-state index is 5.48. The first-order chi connectivity index (χ1) is 7.33. The maximum atomic E-state index is 5.48. The van der Waals surface area contributed by atoms with Gasteiger partial charge < -0.3 is 20.1 Å². The van der Waals surface area contributed by atoms with Crippen LogP contribution in [0.2, 0.25) is 0 Å². The third-order valence-electron chi connectivity index (χ3n) is 2.33. The summed E-state index contributed by atoms with van der Waals surface area (Å²) < 4.78 is 10.4. The summed E-state index contributed by atoms with van der Waals surface area (Å²) in [6.07, 6.45) is 3.61. The van der Waals surface area contributed by atoms with Gasteiger partial charge in [0.05, 0.1) is 6.10 Å². The van der Waals surface area contributed by atoms with Gasteiger partial charge in [-0.15, -0.1) is 0 Å². The monoisotopic (exact) mass is 232 g/mol. The lowest BCUT2D eigenvalue weighted by Crippen LogP contribution is -2.39. The first-order valence-corrected chi connectivity index (χ1v) is 5.86. The van der Waals surface area contributed by atoms with Gasteiger partial charge >= 0.3 is 0 Å². The highest BCUT2D eigenvalue weighted by Crippen LogP contribution is 2.10. The van der Waals surface area contributed by atoms with Gasteiger partial charge in [-0.1, -0.05) is 0 Å². The molecule has 88 valence electrons. The Morgan fingerprint density at radius 1 is 1.53 bits per heavy atom.